The van der Waals surface area contributed by atoms with Crippen molar-refractivity contribution in [2.75, 3.05) is 5.43 Å². The predicted octanol–water partition coefficient (Wildman–Crippen LogP) is 5.50. The van der Waals surface area contributed by atoms with E-state index < -0.39 is 11.7 Å². The number of hydrazone groups is 1. The van der Waals surface area contributed by atoms with Crippen molar-refractivity contribution in [3.05, 3.63) is 58.6 Å². The Morgan fingerprint density at radius 1 is 1.04 bits per heavy atom. The molecule has 0 heterocycles. The van der Waals surface area contributed by atoms with Crippen molar-refractivity contribution in [2.24, 2.45) is 15.3 Å². The van der Waals surface area contributed by atoms with Crippen LogP contribution in [0.1, 0.15) is 5.56 Å². The van der Waals surface area contributed by atoms with Crippen molar-refractivity contribution in [1.82, 2.24) is 0 Å². The summed E-state index contributed by atoms with van der Waals surface area (Å²) >= 11 is 3.28. The number of nitrogens with one attached hydrogen (secondary N) is 1. The molecule has 24 heavy (non-hydrogen) atoms. The summed E-state index contributed by atoms with van der Waals surface area (Å²) < 4.78 is 38.2. The highest BCUT2D eigenvalue weighted by Crippen LogP contribution is 2.29. The summed E-state index contributed by atoms with van der Waals surface area (Å²) in [5.74, 6) is -0.266. The van der Waals surface area contributed by atoms with E-state index in [0.717, 1.165) is 16.6 Å². The number of nitriles is 1. The smallest absolute Gasteiger partial charge is 0.276 e. The molecule has 0 saturated carbocycles. The molecule has 0 aromatic heterocycles. The molecule has 0 radical (unpaired) electrons. The molecular weight excluding hydrogens is 387 g/mol. The van der Waals surface area contributed by atoms with Gasteiger partial charge >= 0.3 is 6.18 Å². The molecular formula is C15H9BrF3N5. The van der Waals surface area contributed by atoms with Crippen molar-refractivity contribution >= 4 is 33.1 Å². The molecule has 122 valence electrons. The van der Waals surface area contributed by atoms with E-state index in [4.69, 9.17) is 5.26 Å². The summed E-state index contributed by atoms with van der Waals surface area (Å²) in [5.41, 5.74) is 2.50. The third-order valence-electron chi connectivity index (χ3n) is 2.69. The van der Waals surface area contributed by atoms with Crippen LogP contribution in [0.2, 0.25) is 0 Å². The number of nitrogens with zero attached hydrogens (tertiary/aromatic N) is 4. The van der Waals surface area contributed by atoms with Gasteiger partial charge in [-0.1, -0.05) is 15.9 Å². The normalized spacial score (nSPS) is 12.2. The van der Waals surface area contributed by atoms with E-state index in [9.17, 15) is 13.2 Å². The van der Waals surface area contributed by atoms with Crippen LogP contribution >= 0.6 is 15.9 Å². The first-order chi connectivity index (χ1) is 11.4. The van der Waals surface area contributed by atoms with E-state index in [1.807, 2.05) is 0 Å². The van der Waals surface area contributed by atoms with Gasteiger partial charge < -0.3 is 0 Å². The molecule has 5 nitrogen and oxygen atoms in total. The first-order valence-electron chi connectivity index (χ1n) is 6.47. The van der Waals surface area contributed by atoms with Crippen molar-refractivity contribution in [1.29, 1.82) is 5.26 Å². The van der Waals surface area contributed by atoms with E-state index in [1.54, 1.807) is 30.3 Å². The van der Waals surface area contributed by atoms with Gasteiger partial charge in [-0.25, -0.2) is 0 Å². The van der Waals surface area contributed by atoms with Gasteiger partial charge in [-0.2, -0.15) is 18.4 Å². The zero-order valence-corrected chi connectivity index (χ0v) is 13.5. The zero-order valence-electron chi connectivity index (χ0n) is 11.9. The van der Waals surface area contributed by atoms with Crippen molar-refractivity contribution in [3.63, 3.8) is 0 Å². The average molecular weight is 396 g/mol. The topological polar surface area (TPSA) is 72.9 Å². The quantitative estimate of drug-likeness (QED) is 0.322. The number of halogens is 4. The number of amidine groups is 1. The number of alkyl halides is 3. The second-order valence-electron chi connectivity index (χ2n) is 4.41. The third kappa shape index (κ3) is 5.17. The maximum atomic E-state index is 12.5. The molecule has 1 N–H and O–H groups in total. The molecule has 2 aromatic rings. The molecule has 2 rings (SSSR count). The van der Waals surface area contributed by atoms with Gasteiger partial charge in [0.25, 0.3) is 5.84 Å². The van der Waals surface area contributed by atoms with Crippen LogP contribution in [-0.4, -0.2) is 5.84 Å². The minimum Gasteiger partial charge on any atom is -0.276 e. The lowest BCUT2D eigenvalue weighted by Gasteiger charge is -2.06. The summed E-state index contributed by atoms with van der Waals surface area (Å²) in [6.07, 6.45) is -4.40. The minimum atomic E-state index is -4.40. The van der Waals surface area contributed by atoms with Crippen LogP contribution in [0.3, 0.4) is 0 Å². The van der Waals surface area contributed by atoms with Gasteiger partial charge in [0, 0.05) is 4.47 Å². The van der Waals surface area contributed by atoms with Gasteiger partial charge in [0.1, 0.15) is 6.07 Å². The standard InChI is InChI=1S/C15H9BrF3N5/c16-11-3-7-13(8-4-11)22-24-14(9-20)23-21-12-5-1-10(2-6-12)15(17,18)19/h1-8,21H/b23-14+,24-22+. The molecule has 0 aliphatic carbocycles. The number of benzene rings is 2. The number of azo groups is 1. The van der Waals surface area contributed by atoms with Gasteiger partial charge in [-0.05, 0) is 48.5 Å². The van der Waals surface area contributed by atoms with Gasteiger partial charge in [0.15, 0.2) is 0 Å². The Kier molecular flexibility index (Phi) is 5.65. The Hall–Kier alpha value is -2.73. The lowest BCUT2D eigenvalue weighted by molar-refractivity contribution is -0.137. The van der Waals surface area contributed by atoms with E-state index in [2.05, 4.69) is 36.7 Å². The Morgan fingerprint density at radius 2 is 1.67 bits per heavy atom. The summed E-state index contributed by atoms with van der Waals surface area (Å²) in [6.45, 7) is 0. The fourth-order valence-electron chi connectivity index (χ4n) is 1.53. The first kappa shape index (κ1) is 17.6. The number of hydrogen-bond donors (Lipinski definition) is 1. The minimum absolute atomic E-state index is 0.266. The number of anilines is 1. The van der Waals surface area contributed by atoms with E-state index in [-0.39, 0.29) is 11.5 Å². The zero-order chi connectivity index (χ0) is 17.6. The predicted molar refractivity (Wildman–Crippen MR) is 86.8 cm³/mol. The summed E-state index contributed by atoms with van der Waals surface area (Å²) in [6, 6.07) is 12.8. The number of hydrogen-bond acceptors (Lipinski definition) is 4. The van der Waals surface area contributed by atoms with Crippen LogP contribution in [0.15, 0.2) is 68.3 Å². The van der Waals surface area contributed by atoms with Gasteiger partial charge in [-0.15, -0.1) is 15.3 Å². The molecule has 0 spiro atoms. The molecule has 0 fully saturated rings. The second-order valence-corrected chi connectivity index (χ2v) is 5.33. The summed E-state index contributed by atoms with van der Waals surface area (Å²) in [4.78, 5) is 0. The molecule has 0 amide bonds. The van der Waals surface area contributed by atoms with Crippen LogP contribution in [0.25, 0.3) is 0 Å². The van der Waals surface area contributed by atoms with Crippen LogP contribution in [0, 0.1) is 11.3 Å². The highest BCUT2D eigenvalue weighted by Gasteiger charge is 2.29. The lowest BCUT2D eigenvalue weighted by atomic mass is 10.2. The highest BCUT2D eigenvalue weighted by atomic mass is 79.9. The third-order valence-corrected chi connectivity index (χ3v) is 3.22. The fourth-order valence-corrected chi connectivity index (χ4v) is 1.80. The molecule has 0 bridgehead atoms. The Balaban J connectivity index is 2.05. The molecule has 0 aliphatic heterocycles. The molecule has 2 aromatic carbocycles. The summed E-state index contributed by atoms with van der Waals surface area (Å²) in [5, 5.41) is 20.1. The van der Waals surface area contributed by atoms with Crippen LogP contribution in [0.5, 0.6) is 0 Å². The fraction of sp³-hybridized carbons (Fsp3) is 0.0667. The monoisotopic (exact) mass is 395 g/mol. The lowest BCUT2D eigenvalue weighted by Crippen LogP contribution is -2.04. The molecule has 0 aliphatic rings. The SMILES string of the molecule is N#CC(/N=N/c1ccc(Br)cc1)=N\Nc1ccc(C(F)(F)F)cc1. The van der Waals surface area contributed by atoms with Gasteiger partial charge in [0.05, 0.1) is 16.9 Å². The number of rotatable bonds is 3. The van der Waals surface area contributed by atoms with Crippen molar-refractivity contribution in [3.8, 4) is 6.07 Å². The highest BCUT2D eigenvalue weighted by molar-refractivity contribution is 9.10. The van der Waals surface area contributed by atoms with Gasteiger partial charge in [-0.3, -0.25) is 5.43 Å². The van der Waals surface area contributed by atoms with E-state index in [1.165, 1.54) is 12.1 Å². The Bertz CT molecular complexity index is 790. The first-order valence-corrected chi connectivity index (χ1v) is 7.26. The van der Waals surface area contributed by atoms with E-state index in [0.29, 0.717) is 5.69 Å². The molecule has 0 atom stereocenters. The Labute approximate surface area is 143 Å². The average Bonchev–Trinajstić information content (AvgIpc) is 2.56. The molecule has 0 unspecified atom stereocenters. The van der Waals surface area contributed by atoms with Gasteiger partial charge in [0.2, 0.25) is 0 Å². The second kappa shape index (κ2) is 7.70. The van der Waals surface area contributed by atoms with Crippen LogP contribution in [0.4, 0.5) is 24.5 Å². The van der Waals surface area contributed by atoms with Crippen molar-refractivity contribution < 1.29 is 13.2 Å². The Morgan fingerprint density at radius 3 is 2.21 bits per heavy atom. The van der Waals surface area contributed by atoms with Crippen molar-refractivity contribution in [2.45, 2.75) is 6.18 Å². The molecule has 0 saturated heterocycles. The molecule has 9 heteroatoms. The largest absolute Gasteiger partial charge is 0.416 e. The summed E-state index contributed by atoms with van der Waals surface area (Å²) in [7, 11) is 0. The van der Waals surface area contributed by atoms with E-state index >= 15 is 0 Å². The maximum Gasteiger partial charge on any atom is 0.416 e. The van der Waals surface area contributed by atoms with Crippen LogP contribution < -0.4 is 5.43 Å². The maximum absolute atomic E-state index is 12.5. The van der Waals surface area contributed by atoms with Crippen LogP contribution in [-0.2, 0) is 6.18 Å².